The number of anilines is 1. The highest BCUT2D eigenvalue weighted by atomic mass is 16.5. The lowest BCUT2D eigenvalue weighted by Crippen LogP contribution is -2.37. The molecule has 0 aliphatic carbocycles. The highest BCUT2D eigenvalue weighted by molar-refractivity contribution is 5.80. The van der Waals surface area contributed by atoms with Crippen molar-refractivity contribution < 1.29 is 9.53 Å². The van der Waals surface area contributed by atoms with Crippen molar-refractivity contribution in [2.75, 3.05) is 12.3 Å². The minimum atomic E-state index is -0.753. The van der Waals surface area contributed by atoms with E-state index in [1.807, 2.05) is 36.4 Å². The molecule has 1 heterocycles. The van der Waals surface area contributed by atoms with Crippen molar-refractivity contribution in [3.8, 4) is 23.6 Å². The summed E-state index contributed by atoms with van der Waals surface area (Å²) >= 11 is 0. The SMILES string of the molecule is CC(Oc1ccccc1C#N)C(=O)NCCCc1nn(-c2ccccc2)c(N)c1C#N. The van der Waals surface area contributed by atoms with E-state index in [0.29, 0.717) is 47.8 Å². The van der Waals surface area contributed by atoms with Crippen molar-refractivity contribution in [1.29, 1.82) is 10.5 Å². The molecule has 0 spiro atoms. The van der Waals surface area contributed by atoms with Crippen LogP contribution in [0.4, 0.5) is 5.82 Å². The van der Waals surface area contributed by atoms with Gasteiger partial charge in [0.25, 0.3) is 5.91 Å². The fraction of sp³-hybridized carbons (Fsp3) is 0.217. The number of ether oxygens (including phenoxy) is 1. The fourth-order valence-electron chi connectivity index (χ4n) is 3.06. The molecule has 1 aromatic heterocycles. The topological polar surface area (TPSA) is 130 Å². The molecule has 8 heteroatoms. The summed E-state index contributed by atoms with van der Waals surface area (Å²) in [5.74, 6) is 0.377. The number of aryl methyl sites for hydroxylation is 1. The Kier molecular flexibility index (Phi) is 6.87. The second kappa shape index (κ2) is 9.95. The Morgan fingerprint density at radius 3 is 2.58 bits per heavy atom. The summed E-state index contributed by atoms with van der Waals surface area (Å²) in [4.78, 5) is 12.3. The molecule has 31 heavy (non-hydrogen) atoms. The molecule has 1 atom stereocenters. The molecule has 3 aromatic rings. The Labute approximate surface area is 180 Å². The van der Waals surface area contributed by atoms with Gasteiger partial charge in [-0.15, -0.1) is 0 Å². The molecule has 0 bridgehead atoms. The number of carbonyl (C=O) groups excluding carboxylic acids is 1. The fourth-order valence-corrected chi connectivity index (χ4v) is 3.06. The number of para-hydroxylation sites is 2. The molecule has 1 amide bonds. The molecule has 3 rings (SSSR count). The second-order valence-electron chi connectivity index (χ2n) is 6.83. The quantitative estimate of drug-likeness (QED) is 0.545. The predicted octanol–water partition coefficient (Wildman–Crippen LogP) is 2.71. The zero-order valence-electron chi connectivity index (χ0n) is 17.1. The van der Waals surface area contributed by atoms with E-state index in [1.54, 1.807) is 35.9 Å². The van der Waals surface area contributed by atoms with Gasteiger partial charge in [-0.25, -0.2) is 4.68 Å². The number of aromatic nitrogens is 2. The van der Waals surface area contributed by atoms with E-state index in [2.05, 4.69) is 16.5 Å². The van der Waals surface area contributed by atoms with E-state index in [0.717, 1.165) is 5.69 Å². The lowest BCUT2D eigenvalue weighted by Gasteiger charge is -2.15. The first-order valence-electron chi connectivity index (χ1n) is 9.81. The average molecular weight is 414 g/mol. The summed E-state index contributed by atoms with van der Waals surface area (Å²) in [6, 6.07) is 20.3. The third-order valence-corrected chi connectivity index (χ3v) is 4.68. The number of hydrogen-bond acceptors (Lipinski definition) is 6. The molecular weight excluding hydrogens is 392 g/mol. The third-order valence-electron chi connectivity index (χ3n) is 4.68. The van der Waals surface area contributed by atoms with Crippen LogP contribution in [0.5, 0.6) is 5.75 Å². The van der Waals surface area contributed by atoms with Crippen LogP contribution in [0.25, 0.3) is 5.69 Å². The number of benzene rings is 2. The first kappa shape index (κ1) is 21.4. The number of nitrogens with zero attached hydrogens (tertiary/aromatic N) is 4. The van der Waals surface area contributed by atoms with E-state index < -0.39 is 6.10 Å². The summed E-state index contributed by atoms with van der Waals surface area (Å²) in [7, 11) is 0. The van der Waals surface area contributed by atoms with E-state index >= 15 is 0 Å². The number of carbonyl (C=O) groups is 1. The Bertz CT molecular complexity index is 1140. The molecule has 0 saturated carbocycles. The average Bonchev–Trinajstić information content (AvgIpc) is 3.12. The maximum atomic E-state index is 12.3. The molecule has 2 aromatic carbocycles. The highest BCUT2D eigenvalue weighted by Gasteiger charge is 2.18. The monoisotopic (exact) mass is 414 g/mol. The van der Waals surface area contributed by atoms with Crippen LogP contribution in [0.3, 0.4) is 0 Å². The summed E-state index contributed by atoms with van der Waals surface area (Å²) in [6.07, 6.45) is 0.310. The summed E-state index contributed by atoms with van der Waals surface area (Å²) in [5, 5.41) is 25.9. The Balaban J connectivity index is 1.55. The van der Waals surface area contributed by atoms with Crippen LogP contribution in [-0.2, 0) is 11.2 Å². The third kappa shape index (κ3) is 5.01. The highest BCUT2D eigenvalue weighted by Crippen LogP contribution is 2.21. The van der Waals surface area contributed by atoms with E-state index in [4.69, 9.17) is 15.7 Å². The standard InChI is InChI=1S/C23H22N6O2/c1-16(31-21-12-6-5-8-17(21)14-24)23(30)27-13-7-11-20-19(15-25)22(26)29(28-20)18-9-3-2-4-10-18/h2-6,8-10,12,16H,7,11,13,26H2,1H3,(H,27,30). The molecule has 8 nitrogen and oxygen atoms in total. The molecule has 0 aliphatic rings. The van der Waals surface area contributed by atoms with Crippen molar-refractivity contribution in [2.45, 2.75) is 25.9 Å². The van der Waals surface area contributed by atoms with Crippen LogP contribution in [0.2, 0.25) is 0 Å². The van der Waals surface area contributed by atoms with Gasteiger partial charge in [0, 0.05) is 6.54 Å². The molecule has 1 unspecified atom stereocenters. The van der Waals surface area contributed by atoms with E-state index in [9.17, 15) is 10.1 Å². The Morgan fingerprint density at radius 2 is 1.87 bits per heavy atom. The molecule has 156 valence electrons. The molecule has 3 N–H and O–H groups in total. The van der Waals surface area contributed by atoms with Crippen molar-refractivity contribution in [3.05, 3.63) is 71.4 Å². The Morgan fingerprint density at radius 1 is 1.16 bits per heavy atom. The maximum Gasteiger partial charge on any atom is 0.260 e. The van der Waals surface area contributed by atoms with Crippen LogP contribution in [0.15, 0.2) is 54.6 Å². The lowest BCUT2D eigenvalue weighted by atomic mass is 10.1. The van der Waals surface area contributed by atoms with E-state index in [1.165, 1.54) is 0 Å². The normalized spacial score (nSPS) is 11.2. The number of nitrogens with one attached hydrogen (secondary N) is 1. The van der Waals surface area contributed by atoms with Crippen LogP contribution >= 0.6 is 0 Å². The van der Waals surface area contributed by atoms with Gasteiger partial charge in [0.05, 0.1) is 16.9 Å². The van der Waals surface area contributed by atoms with E-state index in [-0.39, 0.29) is 5.91 Å². The van der Waals surface area contributed by atoms with Gasteiger partial charge in [0.1, 0.15) is 29.3 Å². The zero-order valence-corrected chi connectivity index (χ0v) is 17.1. The van der Waals surface area contributed by atoms with Gasteiger partial charge >= 0.3 is 0 Å². The molecular formula is C23H22N6O2. The smallest absolute Gasteiger partial charge is 0.260 e. The van der Waals surface area contributed by atoms with Crippen molar-refractivity contribution >= 4 is 11.7 Å². The van der Waals surface area contributed by atoms with Crippen molar-refractivity contribution in [3.63, 3.8) is 0 Å². The van der Waals surface area contributed by atoms with Gasteiger partial charge in [0.15, 0.2) is 6.10 Å². The van der Waals surface area contributed by atoms with Crippen LogP contribution in [0, 0.1) is 22.7 Å². The number of nitrogen functional groups attached to an aromatic ring is 1. The van der Waals surface area contributed by atoms with Crippen LogP contribution in [0.1, 0.15) is 30.2 Å². The number of hydrogen-bond donors (Lipinski definition) is 2. The molecule has 0 fully saturated rings. The van der Waals surface area contributed by atoms with Gasteiger partial charge in [-0.3, -0.25) is 4.79 Å². The second-order valence-corrected chi connectivity index (χ2v) is 6.83. The number of nitrogens with two attached hydrogens (primary N) is 1. The first-order valence-corrected chi connectivity index (χ1v) is 9.81. The predicted molar refractivity (Wildman–Crippen MR) is 115 cm³/mol. The van der Waals surface area contributed by atoms with Crippen LogP contribution < -0.4 is 15.8 Å². The van der Waals surface area contributed by atoms with Crippen molar-refractivity contribution in [2.24, 2.45) is 0 Å². The largest absolute Gasteiger partial charge is 0.480 e. The lowest BCUT2D eigenvalue weighted by molar-refractivity contribution is -0.127. The summed E-state index contributed by atoms with van der Waals surface area (Å²) in [5.41, 5.74) is 8.19. The maximum absolute atomic E-state index is 12.3. The minimum absolute atomic E-state index is 0.289. The van der Waals surface area contributed by atoms with Gasteiger partial charge < -0.3 is 15.8 Å². The van der Waals surface area contributed by atoms with Gasteiger partial charge in [0.2, 0.25) is 0 Å². The summed E-state index contributed by atoms with van der Waals surface area (Å²) in [6.45, 7) is 2.01. The van der Waals surface area contributed by atoms with Crippen LogP contribution in [-0.4, -0.2) is 28.3 Å². The first-order chi connectivity index (χ1) is 15.0. The minimum Gasteiger partial charge on any atom is -0.480 e. The van der Waals surface area contributed by atoms with Gasteiger partial charge in [-0.2, -0.15) is 15.6 Å². The Hall–Kier alpha value is -4.30. The number of nitriles is 2. The van der Waals surface area contributed by atoms with Crippen molar-refractivity contribution in [1.82, 2.24) is 15.1 Å². The molecule has 0 aliphatic heterocycles. The molecule has 0 radical (unpaired) electrons. The van der Waals surface area contributed by atoms with Gasteiger partial charge in [-0.1, -0.05) is 30.3 Å². The van der Waals surface area contributed by atoms with Gasteiger partial charge in [-0.05, 0) is 44.0 Å². The number of rotatable bonds is 8. The summed E-state index contributed by atoms with van der Waals surface area (Å²) < 4.78 is 7.16. The zero-order chi connectivity index (χ0) is 22.2. The number of amides is 1. The molecule has 0 saturated heterocycles.